The highest BCUT2D eigenvalue weighted by atomic mass is 32.2. The van der Waals surface area contributed by atoms with E-state index in [1.807, 2.05) is 23.9 Å². The lowest BCUT2D eigenvalue weighted by molar-refractivity contribution is -0.105. The summed E-state index contributed by atoms with van der Waals surface area (Å²) in [5.41, 5.74) is 0.820. The highest BCUT2D eigenvalue weighted by Gasteiger charge is 2.28. The minimum absolute atomic E-state index is 0.335. The topological polar surface area (TPSA) is 12.0 Å². The van der Waals surface area contributed by atoms with E-state index in [1.165, 1.54) is 5.75 Å². The van der Waals surface area contributed by atoms with Crippen molar-refractivity contribution in [3.05, 3.63) is 24.3 Å². The molecule has 1 aliphatic rings. The van der Waals surface area contributed by atoms with Gasteiger partial charge in [-0.05, 0) is 30.7 Å². The summed E-state index contributed by atoms with van der Waals surface area (Å²) in [5.74, 6) is 0.324. The van der Waals surface area contributed by atoms with Crippen molar-refractivity contribution in [2.45, 2.75) is 42.1 Å². The Morgan fingerprint density at radius 2 is 2.10 bits per heavy atom. The predicted octanol–water partition coefficient (Wildman–Crippen LogP) is 5.04. The molecule has 0 bridgehead atoms. The number of anilines is 1. The number of hydrogen-bond donors (Lipinski definition) is 1. The monoisotopic (exact) mass is 321 g/mol. The van der Waals surface area contributed by atoms with Crippen LogP contribution in [0.25, 0.3) is 0 Å². The summed E-state index contributed by atoms with van der Waals surface area (Å²) in [6.45, 7) is 2.17. The zero-order valence-corrected chi connectivity index (χ0v) is 12.9. The number of hydrogen-bond acceptors (Lipinski definition) is 3. The Kier molecular flexibility index (Phi) is 5.55. The van der Waals surface area contributed by atoms with Crippen molar-refractivity contribution < 1.29 is 13.2 Å². The zero-order valence-electron chi connectivity index (χ0n) is 11.2. The molecular formula is C14H18F3NS2. The molecule has 6 heteroatoms. The number of para-hydroxylation sites is 1. The average Bonchev–Trinajstić information content (AvgIpc) is 2.39. The van der Waals surface area contributed by atoms with Crippen molar-refractivity contribution in [3.63, 3.8) is 0 Å². The summed E-state index contributed by atoms with van der Waals surface area (Å²) in [7, 11) is 0. The van der Waals surface area contributed by atoms with Gasteiger partial charge in [0.15, 0.2) is 0 Å². The minimum atomic E-state index is -4.13. The van der Waals surface area contributed by atoms with Gasteiger partial charge in [-0.3, -0.25) is 0 Å². The second-order valence-corrected chi connectivity index (χ2v) is 7.37. The molecule has 1 aliphatic heterocycles. The van der Waals surface area contributed by atoms with E-state index in [9.17, 15) is 13.2 Å². The molecule has 1 N–H and O–H groups in total. The van der Waals surface area contributed by atoms with E-state index in [0.717, 1.165) is 30.3 Å². The third-order valence-electron chi connectivity index (χ3n) is 3.23. The third kappa shape index (κ3) is 4.81. The Balaban J connectivity index is 2.03. The molecule has 0 amide bonds. The molecule has 1 aromatic rings. The largest absolute Gasteiger partial charge is 0.398 e. The Labute approximate surface area is 126 Å². The molecule has 1 nitrogen and oxygen atoms in total. The molecule has 0 radical (unpaired) electrons. The van der Waals surface area contributed by atoms with Crippen molar-refractivity contribution >= 4 is 29.2 Å². The van der Waals surface area contributed by atoms with Gasteiger partial charge in [0.25, 0.3) is 0 Å². The first-order valence-corrected chi connectivity index (χ1v) is 8.66. The standard InChI is InChI=1S/C14H18F3NS2/c1-10-11(6-4-8-19-10)18-12-5-2-3-7-13(12)20-9-14(15,16)17/h2-3,5,7,10-11,18H,4,6,8-9H2,1H3. The summed E-state index contributed by atoms with van der Waals surface area (Å²) >= 11 is 2.77. The number of alkyl halides is 3. The molecule has 2 unspecified atom stereocenters. The number of halogens is 3. The molecule has 0 aromatic heterocycles. The van der Waals surface area contributed by atoms with E-state index in [-0.39, 0.29) is 0 Å². The van der Waals surface area contributed by atoms with E-state index >= 15 is 0 Å². The van der Waals surface area contributed by atoms with Crippen LogP contribution in [0.15, 0.2) is 29.2 Å². The van der Waals surface area contributed by atoms with Crippen LogP contribution in [0.2, 0.25) is 0 Å². The molecule has 1 fully saturated rings. The fourth-order valence-corrected chi connectivity index (χ4v) is 4.10. The van der Waals surface area contributed by atoms with Crippen LogP contribution in [0.3, 0.4) is 0 Å². The Bertz CT molecular complexity index is 437. The first-order chi connectivity index (χ1) is 9.46. The first kappa shape index (κ1) is 15.9. The lowest BCUT2D eigenvalue weighted by Crippen LogP contribution is -2.32. The number of thioether (sulfide) groups is 2. The smallest absolute Gasteiger partial charge is 0.380 e. The maximum Gasteiger partial charge on any atom is 0.398 e. The second kappa shape index (κ2) is 6.98. The van der Waals surface area contributed by atoms with E-state index < -0.39 is 11.9 Å². The van der Waals surface area contributed by atoms with E-state index in [4.69, 9.17) is 0 Å². The van der Waals surface area contributed by atoms with Gasteiger partial charge in [0.2, 0.25) is 0 Å². The minimum Gasteiger partial charge on any atom is -0.380 e. The lowest BCUT2D eigenvalue weighted by Gasteiger charge is -2.30. The van der Waals surface area contributed by atoms with E-state index in [0.29, 0.717) is 16.2 Å². The summed E-state index contributed by atoms with van der Waals surface area (Å²) < 4.78 is 37.0. The van der Waals surface area contributed by atoms with Crippen LogP contribution in [-0.2, 0) is 0 Å². The average molecular weight is 321 g/mol. The molecule has 1 aromatic carbocycles. The van der Waals surface area contributed by atoms with Crippen molar-refractivity contribution in [1.29, 1.82) is 0 Å². The van der Waals surface area contributed by atoms with Crippen LogP contribution >= 0.6 is 23.5 Å². The number of benzene rings is 1. The van der Waals surface area contributed by atoms with Crippen molar-refractivity contribution in [3.8, 4) is 0 Å². The van der Waals surface area contributed by atoms with Gasteiger partial charge in [-0.2, -0.15) is 24.9 Å². The Morgan fingerprint density at radius 3 is 2.80 bits per heavy atom. The molecule has 0 saturated carbocycles. The second-order valence-electron chi connectivity index (χ2n) is 4.87. The first-order valence-electron chi connectivity index (χ1n) is 6.62. The van der Waals surface area contributed by atoms with Gasteiger partial charge >= 0.3 is 6.18 Å². The molecule has 112 valence electrons. The van der Waals surface area contributed by atoms with Gasteiger partial charge in [-0.25, -0.2) is 0 Å². The molecular weight excluding hydrogens is 303 g/mol. The van der Waals surface area contributed by atoms with Gasteiger partial charge in [0.05, 0.1) is 5.75 Å². The highest BCUT2D eigenvalue weighted by Crippen LogP contribution is 2.34. The van der Waals surface area contributed by atoms with Crippen LogP contribution in [0, 0.1) is 0 Å². The Hall–Kier alpha value is -0.490. The molecule has 2 atom stereocenters. The molecule has 1 saturated heterocycles. The summed E-state index contributed by atoms with van der Waals surface area (Å²) in [5, 5.41) is 3.92. The summed E-state index contributed by atoms with van der Waals surface area (Å²) in [4.78, 5) is 0.674. The fourth-order valence-electron chi connectivity index (χ4n) is 2.18. The maximum absolute atomic E-state index is 12.3. The zero-order chi connectivity index (χ0) is 14.6. The molecule has 0 aliphatic carbocycles. The SMILES string of the molecule is CC1SCCCC1Nc1ccccc1SCC(F)(F)F. The van der Waals surface area contributed by atoms with Crippen molar-refractivity contribution in [2.24, 2.45) is 0 Å². The van der Waals surface area contributed by atoms with Gasteiger partial charge < -0.3 is 5.32 Å². The highest BCUT2D eigenvalue weighted by molar-refractivity contribution is 8.00. The fraction of sp³-hybridized carbons (Fsp3) is 0.571. The number of nitrogens with one attached hydrogen (secondary N) is 1. The normalized spacial score (nSPS) is 23.6. The number of rotatable bonds is 4. The van der Waals surface area contributed by atoms with Crippen LogP contribution < -0.4 is 5.32 Å². The van der Waals surface area contributed by atoms with E-state index in [2.05, 4.69) is 12.2 Å². The summed E-state index contributed by atoms with van der Waals surface area (Å²) in [6.07, 6.45) is -1.90. The van der Waals surface area contributed by atoms with Gasteiger partial charge in [0.1, 0.15) is 0 Å². The molecule has 0 spiro atoms. The molecule has 2 rings (SSSR count). The van der Waals surface area contributed by atoms with Crippen molar-refractivity contribution in [1.82, 2.24) is 0 Å². The quantitative estimate of drug-likeness (QED) is 0.781. The van der Waals surface area contributed by atoms with Crippen LogP contribution in [0.5, 0.6) is 0 Å². The predicted molar refractivity (Wildman–Crippen MR) is 81.8 cm³/mol. The lowest BCUT2D eigenvalue weighted by atomic mass is 10.1. The van der Waals surface area contributed by atoms with Crippen LogP contribution in [0.4, 0.5) is 18.9 Å². The van der Waals surface area contributed by atoms with E-state index in [1.54, 1.807) is 12.1 Å². The van der Waals surface area contributed by atoms with Gasteiger partial charge in [-0.15, -0.1) is 11.8 Å². The van der Waals surface area contributed by atoms with Crippen LogP contribution in [-0.4, -0.2) is 29.0 Å². The van der Waals surface area contributed by atoms with Gasteiger partial charge in [-0.1, -0.05) is 19.1 Å². The van der Waals surface area contributed by atoms with Crippen LogP contribution in [0.1, 0.15) is 19.8 Å². The summed E-state index contributed by atoms with van der Waals surface area (Å²) in [6, 6.07) is 7.59. The van der Waals surface area contributed by atoms with Gasteiger partial charge in [0, 0.05) is 21.9 Å². The maximum atomic E-state index is 12.3. The Morgan fingerprint density at radius 1 is 1.35 bits per heavy atom. The molecule has 20 heavy (non-hydrogen) atoms. The third-order valence-corrected chi connectivity index (χ3v) is 5.74. The van der Waals surface area contributed by atoms with Crippen molar-refractivity contribution in [2.75, 3.05) is 16.8 Å². The molecule has 1 heterocycles.